The van der Waals surface area contributed by atoms with Crippen LogP contribution in [0.1, 0.15) is 19.3 Å². The second kappa shape index (κ2) is 8.26. The second-order valence-electron chi connectivity index (χ2n) is 7.85. The maximum Gasteiger partial charge on any atom is 0.224 e. The molecule has 3 heterocycles. The highest BCUT2D eigenvalue weighted by molar-refractivity contribution is 5.94. The third kappa shape index (κ3) is 3.62. The van der Waals surface area contributed by atoms with Crippen molar-refractivity contribution in [3.63, 3.8) is 0 Å². The van der Waals surface area contributed by atoms with Gasteiger partial charge in [0.15, 0.2) is 17.1 Å². The number of ether oxygens (including phenoxy) is 2. The molecule has 0 saturated heterocycles. The number of rotatable bonds is 6. The van der Waals surface area contributed by atoms with Crippen LogP contribution in [0.2, 0.25) is 0 Å². The lowest BCUT2D eigenvalue weighted by molar-refractivity contribution is -0.118. The zero-order valence-electron chi connectivity index (χ0n) is 17.6. The molecule has 1 aliphatic carbocycles. The van der Waals surface area contributed by atoms with E-state index in [0.29, 0.717) is 54.1 Å². The molecular weight excluding hydrogens is 410 g/mol. The summed E-state index contributed by atoms with van der Waals surface area (Å²) < 4.78 is 13.1. The number of nitriles is 1. The van der Waals surface area contributed by atoms with Crippen LogP contribution < -0.4 is 25.4 Å². The van der Waals surface area contributed by atoms with Crippen LogP contribution in [-0.2, 0) is 4.79 Å². The van der Waals surface area contributed by atoms with Crippen LogP contribution >= 0.6 is 0 Å². The number of anilines is 4. The Labute approximate surface area is 184 Å². The molecule has 2 atom stereocenters. The van der Waals surface area contributed by atoms with E-state index in [1.807, 2.05) is 24.3 Å². The fourth-order valence-corrected chi connectivity index (χ4v) is 4.03. The van der Waals surface area contributed by atoms with Gasteiger partial charge in [-0.05, 0) is 30.9 Å². The van der Waals surface area contributed by atoms with Gasteiger partial charge in [-0.3, -0.25) is 4.79 Å². The normalized spacial score (nSPS) is 19.0. The number of benzene rings is 1. The Morgan fingerprint density at radius 2 is 2.16 bits per heavy atom. The molecule has 3 aromatic rings. The van der Waals surface area contributed by atoms with Gasteiger partial charge in [0.05, 0.1) is 18.0 Å². The summed E-state index contributed by atoms with van der Waals surface area (Å²) in [7, 11) is 1.79. The van der Waals surface area contributed by atoms with E-state index in [0.717, 1.165) is 18.5 Å². The number of aromatic nitrogens is 3. The van der Waals surface area contributed by atoms with Gasteiger partial charge < -0.3 is 25.4 Å². The highest BCUT2D eigenvalue weighted by atomic mass is 16.6. The standard InChI is InChI=1S/C22H23N7O3/c1-24-19-10-18(26-15-3-2-4-17-21(15)32-8-7-31-17)28-22-16(12-25-29(19)22)27-20(30)9-13-5-6-14(13)11-23/h2-4,10,12-14,24H,5-9H2,1H3,(H,26,28)(H,27,30). The number of hydrogen-bond donors (Lipinski definition) is 3. The first-order chi connectivity index (χ1) is 15.7. The fraction of sp³-hybridized carbons (Fsp3) is 0.364. The Morgan fingerprint density at radius 3 is 2.94 bits per heavy atom. The van der Waals surface area contributed by atoms with Gasteiger partial charge in [-0.15, -0.1) is 0 Å². The lowest BCUT2D eigenvalue weighted by Crippen LogP contribution is -2.29. The predicted octanol–water partition coefficient (Wildman–Crippen LogP) is 3.16. The molecule has 32 heavy (non-hydrogen) atoms. The number of carbonyl (C=O) groups excluding carboxylic acids is 1. The zero-order valence-corrected chi connectivity index (χ0v) is 17.6. The van der Waals surface area contributed by atoms with Gasteiger partial charge in [0.25, 0.3) is 0 Å². The van der Waals surface area contributed by atoms with Crippen molar-refractivity contribution < 1.29 is 14.3 Å². The monoisotopic (exact) mass is 433 g/mol. The maximum atomic E-state index is 12.6. The van der Waals surface area contributed by atoms with Crippen LogP contribution in [0.15, 0.2) is 30.5 Å². The van der Waals surface area contributed by atoms with E-state index in [4.69, 9.17) is 14.7 Å². The lowest BCUT2D eigenvalue weighted by atomic mass is 9.73. The summed E-state index contributed by atoms with van der Waals surface area (Å²) in [4.78, 5) is 17.2. The van der Waals surface area contributed by atoms with E-state index < -0.39 is 0 Å². The average Bonchev–Trinajstić information content (AvgIpc) is 3.19. The number of nitrogens with one attached hydrogen (secondary N) is 3. The van der Waals surface area contributed by atoms with Gasteiger partial charge in [0.2, 0.25) is 5.91 Å². The molecule has 2 aliphatic rings. The van der Waals surface area contributed by atoms with Crippen LogP contribution in [0.3, 0.4) is 0 Å². The molecule has 5 rings (SSSR count). The number of carbonyl (C=O) groups is 1. The molecule has 1 saturated carbocycles. The van der Waals surface area contributed by atoms with Crippen molar-refractivity contribution in [2.45, 2.75) is 19.3 Å². The molecule has 2 aromatic heterocycles. The van der Waals surface area contributed by atoms with E-state index in [9.17, 15) is 4.79 Å². The second-order valence-corrected chi connectivity index (χ2v) is 7.85. The molecule has 0 radical (unpaired) electrons. The minimum Gasteiger partial charge on any atom is -0.486 e. The molecule has 1 aliphatic heterocycles. The minimum absolute atomic E-state index is 0.0301. The molecule has 164 valence electrons. The van der Waals surface area contributed by atoms with E-state index in [-0.39, 0.29) is 17.7 Å². The number of nitrogens with zero attached hydrogens (tertiary/aromatic N) is 4. The summed E-state index contributed by atoms with van der Waals surface area (Å²) in [6.07, 6.45) is 3.67. The van der Waals surface area contributed by atoms with Gasteiger partial charge in [-0.1, -0.05) is 6.07 Å². The molecule has 3 N–H and O–H groups in total. The molecule has 0 bridgehead atoms. The molecule has 1 fully saturated rings. The Balaban J connectivity index is 1.42. The molecule has 1 amide bonds. The smallest absolute Gasteiger partial charge is 0.224 e. The van der Waals surface area contributed by atoms with Crippen LogP contribution in [-0.4, -0.2) is 40.8 Å². The minimum atomic E-state index is -0.140. The zero-order chi connectivity index (χ0) is 22.1. The van der Waals surface area contributed by atoms with Crippen LogP contribution in [0.25, 0.3) is 5.65 Å². The first-order valence-corrected chi connectivity index (χ1v) is 10.6. The quantitative estimate of drug-likeness (QED) is 0.541. The van der Waals surface area contributed by atoms with Crippen LogP contribution in [0.4, 0.5) is 23.0 Å². The fourth-order valence-electron chi connectivity index (χ4n) is 4.03. The first-order valence-electron chi connectivity index (χ1n) is 10.6. The third-order valence-electron chi connectivity index (χ3n) is 5.86. The Hall–Kier alpha value is -4.00. The van der Waals surface area contributed by atoms with Crippen LogP contribution in [0, 0.1) is 23.2 Å². The van der Waals surface area contributed by atoms with Crippen molar-refractivity contribution in [1.29, 1.82) is 5.26 Å². The van der Waals surface area contributed by atoms with Gasteiger partial charge in [0.1, 0.15) is 30.5 Å². The van der Waals surface area contributed by atoms with E-state index in [1.165, 1.54) is 0 Å². The molecule has 1 aromatic carbocycles. The van der Waals surface area contributed by atoms with Crippen molar-refractivity contribution >= 4 is 34.6 Å². The Kier molecular flexibility index (Phi) is 5.15. The highest BCUT2D eigenvalue weighted by Crippen LogP contribution is 2.39. The molecule has 0 spiro atoms. The van der Waals surface area contributed by atoms with Crippen molar-refractivity contribution in [2.75, 3.05) is 36.2 Å². The van der Waals surface area contributed by atoms with Crippen molar-refractivity contribution in [3.05, 3.63) is 30.5 Å². The molecular formula is C22H23N7O3. The lowest BCUT2D eigenvalue weighted by Gasteiger charge is -2.30. The van der Waals surface area contributed by atoms with Gasteiger partial charge >= 0.3 is 0 Å². The largest absolute Gasteiger partial charge is 0.486 e. The van der Waals surface area contributed by atoms with Crippen molar-refractivity contribution in [2.24, 2.45) is 11.8 Å². The summed E-state index contributed by atoms with van der Waals surface area (Å²) in [5.74, 6) is 2.52. The molecule has 2 unspecified atom stereocenters. The Bertz CT molecular complexity index is 1220. The molecule has 10 heteroatoms. The summed E-state index contributed by atoms with van der Waals surface area (Å²) in [6.45, 7) is 0.992. The van der Waals surface area contributed by atoms with Crippen molar-refractivity contribution in [1.82, 2.24) is 14.6 Å². The predicted molar refractivity (Wildman–Crippen MR) is 118 cm³/mol. The highest BCUT2D eigenvalue weighted by Gasteiger charge is 2.32. The topological polar surface area (TPSA) is 126 Å². The number of amides is 1. The summed E-state index contributed by atoms with van der Waals surface area (Å²) in [6, 6.07) is 9.72. The van der Waals surface area contributed by atoms with Gasteiger partial charge in [-0.2, -0.15) is 14.9 Å². The number of para-hydroxylation sites is 1. The van der Waals surface area contributed by atoms with E-state index in [2.05, 4.69) is 32.1 Å². The van der Waals surface area contributed by atoms with Gasteiger partial charge in [-0.25, -0.2) is 4.98 Å². The molecule has 10 nitrogen and oxygen atoms in total. The number of fused-ring (bicyclic) bond motifs is 2. The number of hydrogen-bond acceptors (Lipinski definition) is 8. The average molecular weight is 433 g/mol. The van der Waals surface area contributed by atoms with Crippen molar-refractivity contribution in [3.8, 4) is 17.6 Å². The van der Waals surface area contributed by atoms with E-state index >= 15 is 0 Å². The summed E-state index contributed by atoms with van der Waals surface area (Å²) >= 11 is 0. The van der Waals surface area contributed by atoms with E-state index in [1.54, 1.807) is 17.8 Å². The van der Waals surface area contributed by atoms with Crippen LogP contribution in [0.5, 0.6) is 11.5 Å². The first kappa shape index (κ1) is 19.9. The SMILES string of the molecule is CNc1cc(Nc2cccc3c2OCCO3)nc2c(NC(=O)CC3CCC3C#N)cnn12. The third-order valence-corrected chi connectivity index (χ3v) is 5.86. The van der Waals surface area contributed by atoms with Gasteiger partial charge in [0, 0.05) is 25.5 Å². The maximum absolute atomic E-state index is 12.6. The summed E-state index contributed by atoms with van der Waals surface area (Å²) in [5, 5.41) is 22.8. The Morgan fingerprint density at radius 1 is 1.28 bits per heavy atom. The summed E-state index contributed by atoms with van der Waals surface area (Å²) in [5.41, 5.74) is 1.75.